The third-order valence-electron chi connectivity index (χ3n) is 2.26. The Kier molecular flexibility index (Phi) is 6.17. The van der Waals surface area contributed by atoms with E-state index in [1.165, 1.54) is 0 Å². The Hall–Kier alpha value is -2.28. The fourth-order valence-corrected chi connectivity index (χ4v) is 1.36. The highest BCUT2D eigenvalue weighted by Crippen LogP contribution is 2.14. The minimum atomic E-state index is -0.579. The third-order valence-corrected chi connectivity index (χ3v) is 2.26. The highest BCUT2D eigenvalue weighted by atomic mass is 16.5. The van der Waals surface area contributed by atoms with E-state index < -0.39 is 6.03 Å². The van der Waals surface area contributed by atoms with Gasteiger partial charge >= 0.3 is 6.03 Å². The standard InChI is InChI=1S/C12H18N4O3/c1-19-10-4-2-9(3-5-10)16-11(17)8-14-6-7-15-12(13)18/h2-5,14H,6-8H2,1H3,(H,16,17)(H3,13,15,18). The SMILES string of the molecule is COc1ccc(NC(=O)CNCCNC(N)=O)cc1. The fraction of sp³-hybridized carbons (Fsp3) is 0.333. The van der Waals surface area contributed by atoms with Crippen molar-refractivity contribution in [2.24, 2.45) is 5.73 Å². The summed E-state index contributed by atoms with van der Waals surface area (Å²) in [5.41, 5.74) is 5.59. The van der Waals surface area contributed by atoms with Gasteiger partial charge < -0.3 is 26.4 Å². The molecular formula is C12H18N4O3. The van der Waals surface area contributed by atoms with Crippen LogP contribution >= 0.6 is 0 Å². The second-order valence-electron chi connectivity index (χ2n) is 3.74. The van der Waals surface area contributed by atoms with Gasteiger partial charge in [0, 0.05) is 18.8 Å². The minimum absolute atomic E-state index is 0.159. The van der Waals surface area contributed by atoms with E-state index in [1.54, 1.807) is 31.4 Å². The van der Waals surface area contributed by atoms with Gasteiger partial charge in [0.25, 0.3) is 0 Å². The van der Waals surface area contributed by atoms with Gasteiger partial charge in [-0.2, -0.15) is 0 Å². The maximum absolute atomic E-state index is 11.5. The first kappa shape index (κ1) is 14.8. The molecule has 0 saturated heterocycles. The second-order valence-corrected chi connectivity index (χ2v) is 3.74. The topological polar surface area (TPSA) is 105 Å². The summed E-state index contributed by atoms with van der Waals surface area (Å²) >= 11 is 0. The molecule has 19 heavy (non-hydrogen) atoms. The summed E-state index contributed by atoms with van der Waals surface area (Å²) in [7, 11) is 1.58. The highest BCUT2D eigenvalue weighted by Gasteiger charge is 2.01. The first-order valence-corrected chi connectivity index (χ1v) is 5.79. The molecule has 0 bridgehead atoms. The summed E-state index contributed by atoms with van der Waals surface area (Å²) in [4.78, 5) is 21.9. The van der Waals surface area contributed by atoms with Crippen LogP contribution in [-0.4, -0.2) is 38.7 Å². The Balaban J connectivity index is 2.21. The van der Waals surface area contributed by atoms with Crippen LogP contribution in [0.2, 0.25) is 0 Å². The first-order chi connectivity index (χ1) is 9.11. The van der Waals surface area contributed by atoms with Gasteiger partial charge in [0.05, 0.1) is 13.7 Å². The monoisotopic (exact) mass is 266 g/mol. The lowest BCUT2D eigenvalue weighted by molar-refractivity contribution is -0.115. The van der Waals surface area contributed by atoms with Gasteiger partial charge in [-0.25, -0.2) is 4.79 Å². The number of hydrogen-bond acceptors (Lipinski definition) is 4. The van der Waals surface area contributed by atoms with Gasteiger partial charge in [0.1, 0.15) is 5.75 Å². The van der Waals surface area contributed by atoms with Crippen LogP contribution < -0.4 is 26.4 Å². The molecule has 0 spiro atoms. The lowest BCUT2D eigenvalue weighted by Gasteiger charge is -2.07. The zero-order valence-electron chi connectivity index (χ0n) is 10.7. The molecule has 0 aliphatic rings. The molecule has 1 aromatic carbocycles. The smallest absolute Gasteiger partial charge is 0.312 e. The molecule has 0 heterocycles. The van der Waals surface area contributed by atoms with Crippen LogP contribution in [0.3, 0.4) is 0 Å². The van der Waals surface area contributed by atoms with Crippen molar-refractivity contribution in [3.8, 4) is 5.75 Å². The van der Waals surface area contributed by atoms with E-state index in [-0.39, 0.29) is 12.5 Å². The van der Waals surface area contributed by atoms with E-state index in [1.807, 2.05) is 0 Å². The molecule has 0 saturated carbocycles. The summed E-state index contributed by atoms with van der Waals surface area (Å²) < 4.78 is 5.02. The Labute approximate surface area is 111 Å². The number of urea groups is 1. The zero-order valence-corrected chi connectivity index (χ0v) is 10.7. The Morgan fingerprint density at radius 3 is 2.47 bits per heavy atom. The number of rotatable bonds is 7. The van der Waals surface area contributed by atoms with Crippen molar-refractivity contribution in [2.75, 3.05) is 32.1 Å². The lowest BCUT2D eigenvalue weighted by Crippen LogP contribution is -2.37. The summed E-state index contributed by atoms with van der Waals surface area (Å²) in [6, 6.07) is 6.46. The number of nitrogens with one attached hydrogen (secondary N) is 3. The van der Waals surface area contributed by atoms with Crippen molar-refractivity contribution in [3.05, 3.63) is 24.3 Å². The van der Waals surface area contributed by atoms with Gasteiger partial charge in [0.2, 0.25) is 5.91 Å². The summed E-state index contributed by atoms with van der Waals surface area (Å²) in [6.07, 6.45) is 0. The van der Waals surface area contributed by atoms with Gasteiger partial charge in [-0.3, -0.25) is 4.79 Å². The Bertz CT molecular complexity index is 419. The van der Waals surface area contributed by atoms with Gasteiger partial charge in [-0.1, -0.05) is 0 Å². The van der Waals surface area contributed by atoms with Crippen LogP contribution in [0.4, 0.5) is 10.5 Å². The van der Waals surface area contributed by atoms with Crippen molar-refractivity contribution in [1.29, 1.82) is 0 Å². The molecule has 5 N–H and O–H groups in total. The molecule has 3 amide bonds. The molecule has 1 aromatic rings. The van der Waals surface area contributed by atoms with E-state index in [4.69, 9.17) is 10.5 Å². The molecule has 7 heteroatoms. The third kappa shape index (κ3) is 6.27. The van der Waals surface area contributed by atoms with Crippen LogP contribution in [0, 0.1) is 0 Å². The molecule has 0 aromatic heterocycles. The number of anilines is 1. The van der Waals surface area contributed by atoms with E-state index in [2.05, 4.69) is 16.0 Å². The first-order valence-electron chi connectivity index (χ1n) is 5.79. The molecular weight excluding hydrogens is 248 g/mol. The minimum Gasteiger partial charge on any atom is -0.497 e. The van der Waals surface area contributed by atoms with E-state index >= 15 is 0 Å². The van der Waals surface area contributed by atoms with Crippen LogP contribution in [0.1, 0.15) is 0 Å². The van der Waals surface area contributed by atoms with Crippen molar-refractivity contribution in [3.63, 3.8) is 0 Å². The predicted molar refractivity (Wildman–Crippen MR) is 72.1 cm³/mol. The molecule has 0 aliphatic carbocycles. The number of carbonyl (C=O) groups excluding carboxylic acids is 2. The summed E-state index contributed by atoms with van der Waals surface area (Å²) in [6.45, 7) is 1.01. The molecule has 0 radical (unpaired) electrons. The number of carbonyl (C=O) groups is 2. The van der Waals surface area contributed by atoms with Gasteiger partial charge in [-0.15, -0.1) is 0 Å². The molecule has 0 aliphatic heterocycles. The van der Waals surface area contributed by atoms with Crippen molar-refractivity contribution >= 4 is 17.6 Å². The molecule has 104 valence electrons. The molecule has 0 atom stereocenters. The summed E-state index contributed by atoms with van der Waals surface area (Å²) in [5.74, 6) is 0.567. The van der Waals surface area contributed by atoms with Crippen LogP contribution in [0.15, 0.2) is 24.3 Å². The number of benzene rings is 1. The molecule has 1 rings (SSSR count). The Morgan fingerprint density at radius 1 is 1.21 bits per heavy atom. The number of methoxy groups -OCH3 is 1. The lowest BCUT2D eigenvalue weighted by atomic mass is 10.3. The molecule has 0 unspecified atom stereocenters. The largest absolute Gasteiger partial charge is 0.497 e. The maximum Gasteiger partial charge on any atom is 0.312 e. The highest BCUT2D eigenvalue weighted by molar-refractivity contribution is 5.92. The zero-order chi connectivity index (χ0) is 14.1. The average Bonchev–Trinajstić information content (AvgIpc) is 2.39. The van der Waals surface area contributed by atoms with Gasteiger partial charge in [-0.05, 0) is 24.3 Å². The van der Waals surface area contributed by atoms with Crippen LogP contribution in [0.25, 0.3) is 0 Å². The van der Waals surface area contributed by atoms with Crippen molar-refractivity contribution < 1.29 is 14.3 Å². The number of ether oxygens (including phenoxy) is 1. The number of primary amides is 1. The normalized spacial score (nSPS) is 9.74. The fourth-order valence-electron chi connectivity index (χ4n) is 1.36. The van der Waals surface area contributed by atoms with E-state index in [0.29, 0.717) is 18.8 Å². The number of nitrogens with two attached hydrogens (primary N) is 1. The van der Waals surface area contributed by atoms with Crippen LogP contribution in [0.5, 0.6) is 5.75 Å². The number of amides is 3. The summed E-state index contributed by atoms with van der Waals surface area (Å²) in [5, 5.41) is 8.01. The molecule has 7 nitrogen and oxygen atoms in total. The predicted octanol–water partition coefficient (Wildman–Crippen LogP) is -0.108. The van der Waals surface area contributed by atoms with Crippen molar-refractivity contribution in [2.45, 2.75) is 0 Å². The van der Waals surface area contributed by atoms with Crippen molar-refractivity contribution in [1.82, 2.24) is 10.6 Å². The van der Waals surface area contributed by atoms with Gasteiger partial charge in [0.15, 0.2) is 0 Å². The number of hydrogen-bond donors (Lipinski definition) is 4. The van der Waals surface area contributed by atoms with Crippen LogP contribution in [-0.2, 0) is 4.79 Å². The van der Waals surface area contributed by atoms with E-state index in [9.17, 15) is 9.59 Å². The molecule has 0 fully saturated rings. The van der Waals surface area contributed by atoms with E-state index in [0.717, 1.165) is 5.75 Å². The quantitative estimate of drug-likeness (QED) is 0.517. The maximum atomic E-state index is 11.5. The second kappa shape index (κ2) is 7.93. The Morgan fingerprint density at radius 2 is 1.89 bits per heavy atom. The average molecular weight is 266 g/mol.